The molecule has 0 bridgehead atoms. The number of rotatable bonds is 3. The highest BCUT2D eigenvalue weighted by Crippen LogP contribution is 2.33. The fraction of sp³-hybridized carbons (Fsp3) is 0.350. The molecule has 0 saturated carbocycles. The van der Waals surface area contributed by atoms with E-state index in [-0.39, 0.29) is 5.91 Å². The third-order valence-corrected chi connectivity index (χ3v) is 4.99. The van der Waals surface area contributed by atoms with E-state index < -0.39 is 0 Å². The van der Waals surface area contributed by atoms with Gasteiger partial charge in [0.1, 0.15) is 11.6 Å². The Hall–Kier alpha value is -3.09. The summed E-state index contributed by atoms with van der Waals surface area (Å²) in [5, 5.41) is 0.910. The van der Waals surface area contributed by atoms with Gasteiger partial charge in [-0.15, -0.1) is 0 Å². The van der Waals surface area contributed by atoms with Gasteiger partial charge >= 0.3 is 0 Å². The maximum atomic E-state index is 13.0. The molecule has 27 heavy (non-hydrogen) atoms. The number of fused-ring (bicyclic) bond motifs is 1. The smallest absolute Gasteiger partial charge is 0.290 e. The number of hydrogen-bond donors (Lipinski definition) is 0. The summed E-state index contributed by atoms with van der Waals surface area (Å²) in [4.78, 5) is 25.6. The van der Waals surface area contributed by atoms with Crippen molar-refractivity contribution in [3.63, 3.8) is 0 Å². The number of anilines is 1. The molecule has 0 spiro atoms. The van der Waals surface area contributed by atoms with Crippen LogP contribution in [0.5, 0.6) is 5.75 Å². The number of benzene rings is 1. The first-order valence-corrected chi connectivity index (χ1v) is 8.98. The minimum Gasteiger partial charge on any atom is -0.493 e. The van der Waals surface area contributed by atoms with Gasteiger partial charge in [0.2, 0.25) is 0 Å². The number of methoxy groups -OCH3 is 1. The molecule has 0 unspecified atom stereocenters. The number of nitrogens with zero attached hydrogens (tertiary/aromatic N) is 4. The number of piperazine rings is 1. The highest BCUT2D eigenvalue weighted by atomic mass is 16.5. The van der Waals surface area contributed by atoms with Gasteiger partial charge in [0.25, 0.3) is 5.91 Å². The van der Waals surface area contributed by atoms with Crippen molar-refractivity contribution >= 4 is 22.7 Å². The lowest BCUT2D eigenvalue weighted by molar-refractivity contribution is 0.0715. The molecule has 1 saturated heterocycles. The number of carbonyl (C=O) groups is 1. The van der Waals surface area contributed by atoms with E-state index in [1.165, 1.54) is 0 Å². The maximum absolute atomic E-state index is 13.0. The van der Waals surface area contributed by atoms with E-state index in [0.29, 0.717) is 30.2 Å². The predicted octanol–water partition coefficient (Wildman–Crippen LogP) is 2.81. The van der Waals surface area contributed by atoms with Gasteiger partial charge in [-0.05, 0) is 26.0 Å². The molecule has 3 aromatic rings. The molecule has 1 aromatic carbocycles. The van der Waals surface area contributed by atoms with Crippen LogP contribution in [0.1, 0.15) is 21.9 Å². The normalized spacial score (nSPS) is 14.6. The Morgan fingerprint density at radius 3 is 2.63 bits per heavy atom. The lowest BCUT2D eigenvalue weighted by Crippen LogP contribution is -2.49. The van der Waals surface area contributed by atoms with Gasteiger partial charge in [0.05, 0.1) is 7.11 Å². The Morgan fingerprint density at radius 1 is 1.15 bits per heavy atom. The van der Waals surface area contributed by atoms with E-state index in [1.807, 2.05) is 43.0 Å². The van der Waals surface area contributed by atoms with Crippen molar-refractivity contribution in [1.82, 2.24) is 14.9 Å². The average molecular weight is 366 g/mol. The summed E-state index contributed by atoms with van der Waals surface area (Å²) in [7, 11) is 1.60. The molecule has 1 aliphatic rings. The standard InChI is InChI=1S/C20H22N4O3/c1-13-15-5-4-6-16(26-3)19(15)27-18(13)20(25)24-11-9-23(10-12-24)17-7-8-21-14(2)22-17/h4-8H,9-12H2,1-3H3. The number of hydrogen-bond acceptors (Lipinski definition) is 6. The number of para-hydroxylation sites is 1. The van der Waals surface area contributed by atoms with Gasteiger partial charge in [-0.25, -0.2) is 9.97 Å². The van der Waals surface area contributed by atoms with E-state index in [2.05, 4.69) is 14.9 Å². The molecule has 0 radical (unpaired) electrons. The average Bonchev–Trinajstić information content (AvgIpc) is 3.04. The Balaban J connectivity index is 1.53. The lowest BCUT2D eigenvalue weighted by atomic mass is 10.1. The zero-order valence-electron chi connectivity index (χ0n) is 15.7. The van der Waals surface area contributed by atoms with Crippen molar-refractivity contribution in [1.29, 1.82) is 0 Å². The number of carbonyl (C=O) groups excluding carboxylic acids is 1. The van der Waals surface area contributed by atoms with Crippen molar-refractivity contribution in [2.75, 3.05) is 38.2 Å². The van der Waals surface area contributed by atoms with E-state index in [4.69, 9.17) is 9.15 Å². The molecule has 0 atom stereocenters. The highest BCUT2D eigenvalue weighted by molar-refractivity contribution is 6.00. The Morgan fingerprint density at radius 2 is 1.93 bits per heavy atom. The van der Waals surface area contributed by atoms with Crippen molar-refractivity contribution in [2.45, 2.75) is 13.8 Å². The van der Waals surface area contributed by atoms with Gasteiger partial charge in [-0.2, -0.15) is 0 Å². The molecule has 0 N–H and O–H groups in total. The van der Waals surface area contributed by atoms with Crippen LogP contribution in [-0.4, -0.2) is 54.1 Å². The van der Waals surface area contributed by atoms with Gasteiger partial charge in [0.15, 0.2) is 17.1 Å². The first-order chi connectivity index (χ1) is 13.1. The lowest BCUT2D eigenvalue weighted by Gasteiger charge is -2.35. The number of amides is 1. The molecule has 140 valence electrons. The first kappa shape index (κ1) is 17.3. The second-order valence-corrected chi connectivity index (χ2v) is 6.63. The number of aryl methyl sites for hydroxylation is 2. The van der Waals surface area contributed by atoms with Gasteiger partial charge in [-0.3, -0.25) is 4.79 Å². The first-order valence-electron chi connectivity index (χ1n) is 8.98. The van der Waals surface area contributed by atoms with E-state index in [0.717, 1.165) is 35.7 Å². The van der Waals surface area contributed by atoms with Crippen LogP contribution in [0.4, 0.5) is 5.82 Å². The largest absolute Gasteiger partial charge is 0.493 e. The summed E-state index contributed by atoms with van der Waals surface area (Å²) < 4.78 is 11.3. The summed E-state index contributed by atoms with van der Waals surface area (Å²) in [6.07, 6.45) is 1.76. The van der Waals surface area contributed by atoms with Gasteiger partial charge in [0, 0.05) is 43.3 Å². The van der Waals surface area contributed by atoms with Crippen LogP contribution in [0, 0.1) is 13.8 Å². The van der Waals surface area contributed by atoms with E-state index in [9.17, 15) is 4.79 Å². The summed E-state index contributed by atoms with van der Waals surface area (Å²) in [6, 6.07) is 7.59. The van der Waals surface area contributed by atoms with Crippen LogP contribution in [0.2, 0.25) is 0 Å². The van der Waals surface area contributed by atoms with Crippen molar-refractivity contribution in [2.24, 2.45) is 0 Å². The second-order valence-electron chi connectivity index (χ2n) is 6.63. The van der Waals surface area contributed by atoms with Crippen molar-refractivity contribution in [3.05, 3.63) is 47.6 Å². The highest BCUT2D eigenvalue weighted by Gasteiger charge is 2.27. The minimum absolute atomic E-state index is 0.0794. The SMILES string of the molecule is COc1cccc2c(C)c(C(=O)N3CCN(c4ccnc(C)n4)CC3)oc12. The second kappa shape index (κ2) is 6.90. The summed E-state index contributed by atoms with van der Waals surface area (Å²) in [5.41, 5.74) is 1.47. The van der Waals surface area contributed by atoms with Crippen molar-refractivity contribution < 1.29 is 13.9 Å². The molecule has 7 heteroatoms. The Kier molecular flexibility index (Phi) is 4.43. The Labute approximate surface area is 157 Å². The van der Waals surface area contributed by atoms with Crippen LogP contribution in [0.15, 0.2) is 34.9 Å². The molecule has 0 aliphatic carbocycles. The molecule has 1 aliphatic heterocycles. The van der Waals surface area contributed by atoms with Crippen LogP contribution in [0.3, 0.4) is 0 Å². The molecule has 7 nitrogen and oxygen atoms in total. The zero-order chi connectivity index (χ0) is 19.0. The number of ether oxygens (including phenoxy) is 1. The predicted molar refractivity (Wildman–Crippen MR) is 102 cm³/mol. The number of aromatic nitrogens is 2. The topological polar surface area (TPSA) is 71.7 Å². The van der Waals surface area contributed by atoms with Crippen LogP contribution >= 0.6 is 0 Å². The number of furan rings is 1. The molecule has 1 amide bonds. The maximum Gasteiger partial charge on any atom is 0.290 e. The molecule has 1 fully saturated rings. The summed E-state index contributed by atoms with van der Waals surface area (Å²) >= 11 is 0. The van der Waals surface area contributed by atoms with Crippen molar-refractivity contribution in [3.8, 4) is 5.75 Å². The van der Waals surface area contributed by atoms with Crippen LogP contribution < -0.4 is 9.64 Å². The zero-order valence-corrected chi connectivity index (χ0v) is 15.7. The third-order valence-electron chi connectivity index (χ3n) is 4.99. The van der Waals surface area contributed by atoms with Gasteiger partial charge in [-0.1, -0.05) is 12.1 Å². The summed E-state index contributed by atoms with van der Waals surface area (Å²) in [5.74, 6) is 2.60. The van der Waals surface area contributed by atoms with E-state index >= 15 is 0 Å². The molecule has 4 rings (SSSR count). The molecule has 2 aromatic heterocycles. The fourth-order valence-corrected chi connectivity index (χ4v) is 3.48. The monoisotopic (exact) mass is 366 g/mol. The van der Waals surface area contributed by atoms with E-state index in [1.54, 1.807) is 13.3 Å². The van der Waals surface area contributed by atoms with Gasteiger partial charge < -0.3 is 19.0 Å². The molecule has 3 heterocycles. The summed E-state index contributed by atoms with van der Waals surface area (Å²) in [6.45, 7) is 6.49. The van der Waals surface area contributed by atoms with Crippen LogP contribution in [-0.2, 0) is 0 Å². The molecular weight excluding hydrogens is 344 g/mol. The minimum atomic E-state index is -0.0794. The quantitative estimate of drug-likeness (QED) is 0.710. The molecular formula is C20H22N4O3. The van der Waals surface area contributed by atoms with Crippen LogP contribution in [0.25, 0.3) is 11.0 Å². The third kappa shape index (κ3) is 3.09. The Bertz CT molecular complexity index is 990. The fourth-order valence-electron chi connectivity index (χ4n) is 3.48.